The van der Waals surface area contributed by atoms with Crippen LogP contribution in [0.25, 0.3) is 0 Å². The smallest absolute Gasteiger partial charge is 0.322 e. The Labute approximate surface area is 177 Å². The summed E-state index contributed by atoms with van der Waals surface area (Å²) in [6, 6.07) is 10.1. The number of carbonyl (C=O) groups is 1. The lowest BCUT2D eigenvalue weighted by molar-refractivity contribution is -0.137. The van der Waals surface area contributed by atoms with E-state index in [-0.39, 0.29) is 25.3 Å². The summed E-state index contributed by atoms with van der Waals surface area (Å²) in [6.07, 6.45) is -4.40. The third-order valence-corrected chi connectivity index (χ3v) is 5.85. The van der Waals surface area contributed by atoms with Crippen molar-refractivity contribution in [3.8, 4) is 0 Å². The van der Waals surface area contributed by atoms with Crippen molar-refractivity contribution in [1.82, 2.24) is 4.90 Å². The number of hydrogen-bond acceptors (Lipinski definition) is 3. The summed E-state index contributed by atoms with van der Waals surface area (Å²) in [5.74, 6) is -0.300. The summed E-state index contributed by atoms with van der Waals surface area (Å²) in [6.45, 7) is 0.211. The molecule has 1 heterocycles. The van der Waals surface area contributed by atoms with Crippen molar-refractivity contribution in [1.29, 1.82) is 0 Å². The minimum Gasteiger partial charge on any atom is -0.322 e. The van der Waals surface area contributed by atoms with Crippen LogP contribution in [0.5, 0.6) is 0 Å². The van der Waals surface area contributed by atoms with Crippen LogP contribution >= 0.6 is 11.6 Å². The van der Waals surface area contributed by atoms with Crippen LogP contribution in [0.4, 0.5) is 23.7 Å². The third kappa shape index (κ3) is 5.24. The van der Waals surface area contributed by atoms with Crippen LogP contribution in [-0.4, -0.2) is 38.2 Å². The van der Waals surface area contributed by atoms with Gasteiger partial charge in [-0.05, 0) is 48.4 Å². The predicted molar refractivity (Wildman–Crippen MR) is 108 cm³/mol. The molecule has 11 heteroatoms. The molecule has 1 atom stereocenters. The standard InChI is InChI=1S/C19H19ClF3N3O3S/c20-15-5-7-16(8-6-15)26-17(13-3-1-4-14(11-13)19(21,22)23)12-25(18(26)27)9-2-10-30(24,28)29/h1,3-8,11,17H,2,9-10,12H2,(H2,24,28,29). The number of anilines is 1. The molecule has 2 amide bonds. The van der Waals surface area contributed by atoms with Crippen LogP contribution in [0, 0.1) is 0 Å². The highest BCUT2D eigenvalue weighted by Crippen LogP contribution is 2.37. The number of nitrogens with zero attached hydrogens (tertiary/aromatic N) is 2. The predicted octanol–water partition coefficient (Wildman–Crippen LogP) is 4.02. The summed E-state index contributed by atoms with van der Waals surface area (Å²) in [5.41, 5.74) is -0.0148. The molecule has 1 unspecified atom stereocenters. The van der Waals surface area contributed by atoms with Crippen LogP contribution in [0.2, 0.25) is 5.02 Å². The maximum Gasteiger partial charge on any atom is 0.416 e. The Bertz CT molecular complexity index is 1030. The first-order valence-electron chi connectivity index (χ1n) is 8.97. The molecule has 0 bridgehead atoms. The van der Waals surface area contributed by atoms with Gasteiger partial charge in [-0.3, -0.25) is 4.90 Å². The van der Waals surface area contributed by atoms with Crippen molar-refractivity contribution in [3.05, 3.63) is 64.7 Å². The molecule has 0 spiro atoms. The van der Waals surface area contributed by atoms with E-state index in [0.717, 1.165) is 12.1 Å². The average molecular weight is 462 g/mol. The van der Waals surface area contributed by atoms with Gasteiger partial charge in [-0.15, -0.1) is 0 Å². The lowest BCUT2D eigenvalue weighted by Crippen LogP contribution is -2.33. The average Bonchev–Trinajstić information content (AvgIpc) is 2.97. The van der Waals surface area contributed by atoms with Gasteiger partial charge >= 0.3 is 12.2 Å². The van der Waals surface area contributed by atoms with E-state index >= 15 is 0 Å². The molecule has 30 heavy (non-hydrogen) atoms. The molecule has 0 aromatic heterocycles. The summed E-state index contributed by atoms with van der Waals surface area (Å²) >= 11 is 5.91. The van der Waals surface area contributed by atoms with Crippen LogP contribution in [-0.2, 0) is 16.2 Å². The minimum absolute atomic E-state index is 0.105. The number of halogens is 4. The molecule has 1 fully saturated rings. The van der Waals surface area contributed by atoms with Gasteiger partial charge in [0.25, 0.3) is 0 Å². The second-order valence-corrected chi connectivity index (χ2v) is 9.10. The lowest BCUT2D eigenvalue weighted by atomic mass is 10.0. The van der Waals surface area contributed by atoms with Crippen LogP contribution in [0.1, 0.15) is 23.6 Å². The third-order valence-electron chi connectivity index (χ3n) is 4.74. The largest absolute Gasteiger partial charge is 0.416 e. The Morgan fingerprint density at radius 3 is 2.40 bits per heavy atom. The van der Waals surface area contributed by atoms with Gasteiger partial charge in [-0.25, -0.2) is 18.4 Å². The van der Waals surface area contributed by atoms with Crippen molar-refractivity contribution >= 4 is 33.3 Å². The molecule has 2 aromatic rings. The van der Waals surface area contributed by atoms with E-state index in [2.05, 4.69) is 0 Å². The summed E-state index contributed by atoms with van der Waals surface area (Å²) in [7, 11) is -3.68. The molecule has 0 radical (unpaired) electrons. The maximum atomic E-state index is 13.2. The fourth-order valence-electron chi connectivity index (χ4n) is 3.37. The number of sulfonamides is 1. The molecular formula is C19H19ClF3N3O3S. The van der Waals surface area contributed by atoms with E-state index in [1.165, 1.54) is 21.9 Å². The summed E-state index contributed by atoms with van der Waals surface area (Å²) in [4.78, 5) is 15.8. The molecule has 1 saturated heterocycles. The second-order valence-electron chi connectivity index (χ2n) is 6.93. The van der Waals surface area contributed by atoms with Crippen molar-refractivity contribution in [2.24, 2.45) is 5.14 Å². The molecule has 0 saturated carbocycles. The lowest BCUT2D eigenvalue weighted by Gasteiger charge is -2.24. The van der Waals surface area contributed by atoms with Gasteiger partial charge in [0.1, 0.15) is 0 Å². The number of nitrogens with two attached hydrogens (primary N) is 1. The van der Waals surface area contributed by atoms with Crippen molar-refractivity contribution < 1.29 is 26.4 Å². The monoisotopic (exact) mass is 461 g/mol. The van der Waals surface area contributed by atoms with Crippen LogP contribution < -0.4 is 10.0 Å². The Morgan fingerprint density at radius 2 is 1.80 bits per heavy atom. The quantitative estimate of drug-likeness (QED) is 0.705. The fourth-order valence-corrected chi connectivity index (χ4v) is 4.02. The van der Waals surface area contributed by atoms with Crippen LogP contribution in [0.15, 0.2) is 48.5 Å². The van der Waals surface area contributed by atoms with Gasteiger partial charge in [0.05, 0.1) is 17.4 Å². The zero-order chi connectivity index (χ0) is 22.1. The number of primary sulfonamides is 1. The van der Waals surface area contributed by atoms with Gasteiger partial charge < -0.3 is 4.90 Å². The number of urea groups is 1. The highest BCUT2D eigenvalue weighted by atomic mass is 35.5. The zero-order valence-electron chi connectivity index (χ0n) is 15.6. The van der Waals surface area contributed by atoms with Gasteiger partial charge in [0.15, 0.2) is 0 Å². The molecule has 1 aliphatic rings. The normalized spacial score (nSPS) is 17.6. The first kappa shape index (κ1) is 22.4. The maximum absolute atomic E-state index is 13.2. The van der Waals surface area contributed by atoms with E-state index in [1.807, 2.05) is 0 Å². The second kappa shape index (κ2) is 8.44. The number of amides is 2. The number of hydrogen-bond donors (Lipinski definition) is 1. The van der Waals surface area contributed by atoms with Crippen molar-refractivity contribution in [2.45, 2.75) is 18.6 Å². The number of rotatable bonds is 6. The van der Waals surface area contributed by atoms with Gasteiger partial charge in [-0.1, -0.05) is 23.7 Å². The van der Waals surface area contributed by atoms with Gasteiger partial charge in [0.2, 0.25) is 10.0 Å². The summed E-state index contributed by atoms with van der Waals surface area (Å²) in [5, 5.41) is 5.45. The highest BCUT2D eigenvalue weighted by molar-refractivity contribution is 7.89. The Morgan fingerprint density at radius 1 is 1.13 bits per heavy atom. The molecular weight excluding hydrogens is 443 g/mol. The molecule has 1 aliphatic heterocycles. The Balaban J connectivity index is 1.94. The minimum atomic E-state index is -4.51. The molecule has 2 aromatic carbocycles. The van der Waals surface area contributed by atoms with Gasteiger partial charge in [0, 0.05) is 23.8 Å². The van der Waals surface area contributed by atoms with E-state index in [0.29, 0.717) is 16.3 Å². The topological polar surface area (TPSA) is 83.7 Å². The Kier molecular flexibility index (Phi) is 6.30. The zero-order valence-corrected chi connectivity index (χ0v) is 17.2. The summed E-state index contributed by atoms with van der Waals surface area (Å²) < 4.78 is 61.9. The van der Waals surface area contributed by atoms with E-state index < -0.39 is 33.8 Å². The first-order chi connectivity index (χ1) is 14.0. The highest BCUT2D eigenvalue weighted by Gasteiger charge is 2.40. The Hall–Kier alpha value is -2.30. The van der Waals surface area contributed by atoms with Crippen molar-refractivity contribution in [3.63, 3.8) is 0 Å². The molecule has 3 rings (SSSR count). The fraction of sp³-hybridized carbons (Fsp3) is 0.316. The molecule has 6 nitrogen and oxygen atoms in total. The molecule has 0 aliphatic carbocycles. The van der Waals surface area contributed by atoms with E-state index in [9.17, 15) is 26.4 Å². The van der Waals surface area contributed by atoms with Crippen LogP contribution in [0.3, 0.4) is 0 Å². The number of carbonyl (C=O) groups excluding carboxylic acids is 1. The number of benzene rings is 2. The molecule has 2 N–H and O–H groups in total. The molecule has 162 valence electrons. The van der Waals surface area contributed by atoms with E-state index in [1.54, 1.807) is 24.3 Å². The van der Waals surface area contributed by atoms with E-state index in [4.69, 9.17) is 16.7 Å². The number of alkyl halides is 3. The van der Waals surface area contributed by atoms with Gasteiger partial charge in [-0.2, -0.15) is 13.2 Å². The SMILES string of the molecule is NS(=O)(=O)CCCN1CC(c2cccc(C(F)(F)F)c2)N(c2ccc(Cl)cc2)C1=O. The first-order valence-corrected chi connectivity index (χ1v) is 11.1. The van der Waals surface area contributed by atoms with Crippen molar-refractivity contribution in [2.75, 3.05) is 23.7 Å².